The van der Waals surface area contributed by atoms with Gasteiger partial charge in [-0.25, -0.2) is 4.57 Å². The standard InChI is InChI=1S/C14H28O4P2/c1-19(2)18-20(15,16-13-9-5-3-6-10-13)17-14-11-7-4-8-12-14/h13-14H,3-12H2,1-2H3. The predicted octanol–water partition coefficient (Wildman–Crippen LogP) is 5.47. The second kappa shape index (κ2) is 8.25. The SMILES string of the molecule is CP(C)OP(=O)(OC1CCCCC1)OC1CCCCC1. The quantitative estimate of drug-likeness (QED) is 0.609. The highest BCUT2D eigenvalue weighted by molar-refractivity contribution is 7.63. The Hall–Kier alpha value is 0.540. The van der Waals surface area contributed by atoms with Gasteiger partial charge in [-0.05, 0) is 39.0 Å². The van der Waals surface area contributed by atoms with Crippen molar-refractivity contribution >= 4 is 16.0 Å². The molecule has 0 aliphatic heterocycles. The Labute approximate surface area is 124 Å². The monoisotopic (exact) mass is 322 g/mol. The lowest BCUT2D eigenvalue weighted by atomic mass is 9.98. The molecule has 2 saturated carbocycles. The number of hydrogen-bond acceptors (Lipinski definition) is 4. The average molecular weight is 322 g/mol. The third kappa shape index (κ3) is 5.73. The summed E-state index contributed by atoms with van der Waals surface area (Å²) in [5.41, 5.74) is 0. The minimum atomic E-state index is -3.38. The predicted molar refractivity (Wildman–Crippen MR) is 83.4 cm³/mol. The second-order valence-corrected chi connectivity index (χ2v) is 9.67. The van der Waals surface area contributed by atoms with E-state index in [-0.39, 0.29) is 12.2 Å². The second-order valence-electron chi connectivity index (χ2n) is 6.07. The van der Waals surface area contributed by atoms with Gasteiger partial charge in [0.1, 0.15) is 0 Å². The van der Waals surface area contributed by atoms with Crippen LogP contribution >= 0.6 is 16.0 Å². The molecule has 0 heterocycles. The molecule has 2 rings (SSSR count). The lowest BCUT2D eigenvalue weighted by molar-refractivity contribution is 0.0535. The van der Waals surface area contributed by atoms with E-state index in [1.807, 2.05) is 13.3 Å². The summed E-state index contributed by atoms with van der Waals surface area (Å²) in [6, 6.07) is 0. The molecule has 6 heteroatoms. The van der Waals surface area contributed by atoms with Crippen molar-refractivity contribution in [2.75, 3.05) is 13.3 Å². The fourth-order valence-corrected chi connectivity index (χ4v) is 6.08. The summed E-state index contributed by atoms with van der Waals surface area (Å²) >= 11 is 0. The Morgan fingerprint density at radius 2 is 1.20 bits per heavy atom. The molecule has 0 spiro atoms. The van der Waals surface area contributed by atoms with E-state index >= 15 is 0 Å². The van der Waals surface area contributed by atoms with E-state index < -0.39 is 16.0 Å². The van der Waals surface area contributed by atoms with Crippen LogP contribution in [-0.4, -0.2) is 25.5 Å². The van der Waals surface area contributed by atoms with Crippen LogP contribution in [0.1, 0.15) is 64.2 Å². The third-order valence-electron chi connectivity index (χ3n) is 3.92. The summed E-state index contributed by atoms with van der Waals surface area (Å²) in [5.74, 6) is 0. The van der Waals surface area contributed by atoms with Crippen LogP contribution in [0.2, 0.25) is 0 Å². The molecule has 0 atom stereocenters. The van der Waals surface area contributed by atoms with Gasteiger partial charge in [-0.3, -0.25) is 13.4 Å². The first-order valence-corrected chi connectivity index (χ1v) is 11.5. The lowest BCUT2D eigenvalue weighted by Crippen LogP contribution is -2.20. The molecular weight excluding hydrogens is 294 g/mol. The van der Waals surface area contributed by atoms with E-state index in [1.54, 1.807) is 0 Å². The van der Waals surface area contributed by atoms with Crippen LogP contribution in [0.5, 0.6) is 0 Å². The van der Waals surface area contributed by atoms with Crippen LogP contribution in [0.15, 0.2) is 0 Å². The summed E-state index contributed by atoms with van der Waals surface area (Å²) in [5, 5.41) is 0. The normalized spacial score (nSPS) is 23.4. The van der Waals surface area contributed by atoms with Crippen LogP contribution in [0.4, 0.5) is 0 Å². The minimum Gasteiger partial charge on any atom is -0.283 e. The smallest absolute Gasteiger partial charge is 0.283 e. The number of rotatable bonds is 6. The van der Waals surface area contributed by atoms with Gasteiger partial charge in [0, 0.05) is 8.15 Å². The van der Waals surface area contributed by atoms with Gasteiger partial charge in [0.15, 0.2) is 0 Å². The van der Waals surface area contributed by atoms with E-state index in [4.69, 9.17) is 13.4 Å². The zero-order valence-electron chi connectivity index (χ0n) is 12.8. The van der Waals surface area contributed by atoms with E-state index in [2.05, 4.69) is 0 Å². The highest BCUT2D eigenvalue weighted by atomic mass is 31.2. The van der Waals surface area contributed by atoms with Crippen molar-refractivity contribution in [2.24, 2.45) is 0 Å². The Morgan fingerprint density at radius 3 is 1.55 bits per heavy atom. The molecule has 0 N–H and O–H groups in total. The maximum atomic E-state index is 12.9. The van der Waals surface area contributed by atoms with Gasteiger partial charge in [-0.2, -0.15) is 0 Å². The molecule has 118 valence electrons. The highest BCUT2D eigenvalue weighted by Crippen LogP contribution is 2.61. The molecule has 0 bridgehead atoms. The van der Waals surface area contributed by atoms with E-state index in [9.17, 15) is 4.57 Å². The van der Waals surface area contributed by atoms with Crippen LogP contribution in [0.3, 0.4) is 0 Å². The van der Waals surface area contributed by atoms with Crippen molar-refractivity contribution in [1.29, 1.82) is 0 Å². The minimum absolute atomic E-state index is 0.0492. The number of phosphoric ester groups is 1. The van der Waals surface area contributed by atoms with Gasteiger partial charge in [0.05, 0.1) is 12.2 Å². The number of phosphoric acid groups is 1. The Bertz CT molecular complexity index is 299. The number of hydrogen-bond donors (Lipinski definition) is 0. The summed E-state index contributed by atoms with van der Waals surface area (Å²) in [4.78, 5) is 0. The third-order valence-corrected chi connectivity index (χ3v) is 7.14. The van der Waals surface area contributed by atoms with Gasteiger partial charge in [-0.15, -0.1) is 0 Å². The van der Waals surface area contributed by atoms with Crippen molar-refractivity contribution < 1.29 is 17.9 Å². The first-order chi connectivity index (χ1) is 9.57. The topological polar surface area (TPSA) is 44.8 Å². The molecular formula is C14H28O4P2. The summed E-state index contributed by atoms with van der Waals surface area (Å²) in [6.07, 6.45) is 11.1. The van der Waals surface area contributed by atoms with Crippen LogP contribution in [0, 0.1) is 0 Å². The Balaban J connectivity index is 1.93. The van der Waals surface area contributed by atoms with E-state index in [0.29, 0.717) is 0 Å². The Kier molecular flexibility index (Phi) is 6.97. The van der Waals surface area contributed by atoms with Gasteiger partial charge in [0.2, 0.25) is 0 Å². The molecule has 0 unspecified atom stereocenters. The van der Waals surface area contributed by atoms with Crippen LogP contribution < -0.4 is 0 Å². The van der Waals surface area contributed by atoms with Crippen LogP contribution in [-0.2, 0) is 17.9 Å². The molecule has 0 aromatic rings. The van der Waals surface area contributed by atoms with Crippen molar-refractivity contribution in [3.8, 4) is 0 Å². The van der Waals surface area contributed by atoms with Crippen molar-refractivity contribution in [3.05, 3.63) is 0 Å². The van der Waals surface area contributed by atoms with Gasteiger partial charge in [-0.1, -0.05) is 38.5 Å². The fourth-order valence-electron chi connectivity index (χ4n) is 2.97. The fraction of sp³-hybridized carbons (Fsp3) is 1.00. The molecule has 4 nitrogen and oxygen atoms in total. The van der Waals surface area contributed by atoms with Gasteiger partial charge >= 0.3 is 7.82 Å². The van der Waals surface area contributed by atoms with Crippen molar-refractivity contribution in [1.82, 2.24) is 0 Å². The summed E-state index contributed by atoms with van der Waals surface area (Å²) in [6.45, 7) is 3.88. The Morgan fingerprint density at radius 1 is 0.800 bits per heavy atom. The zero-order chi connectivity index (χ0) is 14.4. The molecule has 2 aliphatic rings. The first kappa shape index (κ1) is 16.9. The largest absolute Gasteiger partial charge is 0.478 e. The summed E-state index contributed by atoms with van der Waals surface area (Å²) in [7, 11) is -4.14. The lowest BCUT2D eigenvalue weighted by Gasteiger charge is -2.31. The van der Waals surface area contributed by atoms with Crippen molar-refractivity contribution in [2.45, 2.75) is 76.4 Å². The molecule has 0 aromatic heterocycles. The zero-order valence-corrected chi connectivity index (χ0v) is 14.5. The molecule has 2 aliphatic carbocycles. The first-order valence-electron chi connectivity index (χ1n) is 7.91. The maximum Gasteiger partial charge on any atom is 0.478 e. The average Bonchev–Trinajstić information content (AvgIpc) is 2.39. The van der Waals surface area contributed by atoms with Crippen molar-refractivity contribution in [3.63, 3.8) is 0 Å². The van der Waals surface area contributed by atoms with Gasteiger partial charge in [0.25, 0.3) is 0 Å². The molecule has 0 aromatic carbocycles. The molecule has 0 radical (unpaired) electrons. The summed E-state index contributed by atoms with van der Waals surface area (Å²) < 4.78 is 30.2. The van der Waals surface area contributed by atoms with Crippen LogP contribution in [0.25, 0.3) is 0 Å². The highest BCUT2D eigenvalue weighted by Gasteiger charge is 2.36. The maximum absolute atomic E-state index is 12.9. The molecule has 0 saturated heterocycles. The van der Waals surface area contributed by atoms with E-state index in [0.717, 1.165) is 51.4 Å². The van der Waals surface area contributed by atoms with Gasteiger partial charge < -0.3 is 0 Å². The molecule has 0 amide bonds. The van der Waals surface area contributed by atoms with E-state index in [1.165, 1.54) is 12.8 Å². The molecule has 20 heavy (non-hydrogen) atoms. The molecule has 2 fully saturated rings.